The van der Waals surface area contributed by atoms with E-state index in [1.54, 1.807) is 19.2 Å². The van der Waals surface area contributed by atoms with Crippen LogP contribution in [-0.2, 0) is 4.79 Å². The summed E-state index contributed by atoms with van der Waals surface area (Å²) in [4.78, 5) is 28.5. The summed E-state index contributed by atoms with van der Waals surface area (Å²) in [5.74, 6) is 0.772. The van der Waals surface area contributed by atoms with Crippen LogP contribution in [0.4, 0.5) is 5.69 Å². The molecule has 1 fully saturated rings. The first kappa shape index (κ1) is 18.8. The molecule has 1 aliphatic rings. The standard InChI is InChI=1S/C21H25N3O3/c1-27-19-10-6-5-9-18(19)23-13-15-24(16-14-23)20(25)11-12-22-21(26)17-7-3-2-4-8-17/h2-10H,11-16H2,1H3,(H,22,26). The first-order valence-electron chi connectivity index (χ1n) is 9.18. The Labute approximate surface area is 159 Å². The van der Waals surface area contributed by atoms with Gasteiger partial charge in [-0.15, -0.1) is 0 Å². The maximum absolute atomic E-state index is 12.4. The Morgan fingerprint density at radius 1 is 0.963 bits per heavy atom. The van der Waals surface area contributed by atoms with Gasteiger partial charge >= 0.3 is 0 Å². The van der Waals surface area contributed by atoms with E-state index in [0.29, 0.717) is 31.6 Å². The number of hydrogen-bond donors (Lipinski definition) is 1. The molecule has 1 saturated heterocycles. The summed E-state index contributed by atoms with van der Waals surface area (Å²) in [6, 6.07) is 16.9. The molecule has 2 aromatic rings. The Bertz CT molecular complexity index is 771. The number of ether oxygens (including phenoxy) is 1. The first-order chi connectivity index (χ1) is 13.2. The van der Waals surface area contributed by atoms with E-state index < -0.39 is 0 Å². The van der Waals surface area contributed by atoms with Crippen LogP contribution < -0.4 is 15.0 Å². The van der Waals surface area contributed by atoms with Crippen molar-refractivity contribution in [2.75, 3.05) is 44.7 Å². The van der Waals surface area contributed by atoms with Gasteiger partial charge in [-0.25, -0.2) is 0 Å². The number of anilines is 1. The summed E-state index contributed by atoms with van der Waals surface area (Å²) in [6.07, 6.45) is 0.313. The molecule has 0 aromatic heterocycles. The molecule has 0 unspecified atom stereocenters. The number of benzene rings is 2. The van der Waals surface area contributed by atoms with Gasteiger partial charge in [-0.2, -0.15) is 0 Å². The van der Waals surface area contributed by atoms with E-state index >= 15 is 0 Å². The zero-order valence-electron chi connectivity index (χ0n) is 15.6. The Morgan fingerprint density at radius 3 is 2.33 bits per heavy atom. The van der Waals surface area contributed by atoms with Crippen LogP contribution >= 0.6 is 0 Å². The fourth-order valence-electron chi connectivity index (χ4n) is 3.22. The normalized spacial score (nSPS) is 14.0. The maximum Gasteiger partial charge on any atom is 0.251 e. The lowest BCUT2D eigenvalue weighted by molar-refractivity contribution is -0.131. The van der Waals surface area contributed by atoms with Crippen molar-refractivity contribution in [1.29, 1.82) is 0 Å². The first-order valence-corrected chi connectivity index (χ1v) is 9.18. The number of nitrogens with one attached hydrogen (secondary N) is 1. The molecule has 2 amide bonds. The van der Waals surface area contributed by atoms with E-state index in [-0.39, 0.29) is 11.8 Å². The van der Waals surface area contributed by atoms with Crippen LogP contribution in [0.25, 0.3) is 0 Å². The van der Waals surface area contributed by atoms with Gasteiger partial charge in [0.25, 0.3) is 5.91 Å². The summed E-state index contributed by atoms with van der Waals surface area (Å²) >= 11 is 0. The molecule has 0 spiro atoms. The fourth-order valence-corrected chi connectivity index (χ4v) is 3.22. The number of hydrogen-bond acceptors (Lipinski definition) is 4. The molecular formula is C21H25N3O3. The number of carbonyl (C=O) groups is 2. The lowest BCUT2D eigenvalue weighted by atomic mass is 10.2. The molecule has 27 heavy (non-hydrogen) atoms. The van der Waals surface area contributed by atoms with Gasteiger partial charge in [0.15, 0.2) is 0 Å². The molecular weight excluding hydrogens is 342 g/mol. The zero-order valence-corrected chi connectivity index (χ0v) is 15.6. The van der Waals surface area contributed by atoms with Crippen molar-refractivity contribution in [2.24, 2.45) is 0 Å². The Hall–Kier alpha value is -3.02. The van der Waals surface area contributed by atoms with Crippen LogP contribution in [0.2, 0.25) is 0 Å². The van der Waals surface area contributed by atoms with Crippen LogP contribution in [0.3, 0.4) is 0 Å². The number of nitrogens with zero attached hydrogens (tertiary/aromatic N) is 2. The lowest BCUT2D eigenvalue weighted by Gasteiger charge is -2.36. The highest BCUT2D eigenvalue weighted by Crippen LogP contribution is 2.28. The predicted molar refractivity (Wildman–Crippen MR) is 105 cm³/mol. The zero-order chi connectivity index (χ0) is 19.1. The molecule has 0 atom stereocenters. The van der Waals surface area contributed by atoms with Crippen LogP contribution in [0.5, 0.6) is 5.75 Å². The van der Waals surface area contributed by atoms with Crippen LogP contribution in [0.1, 0.15) is 16.8 Å². The SMILES string of the molecule is COc1ccccc1N1CCN(C(=O)CCNC(=O)c2ccccc2)CC1. The molecule has 0 radical (unpaired) electrons. The van der Waals surface area contributed by atoms with Crippen molar-refractivity contribution in [2.45, 2.75) is 6.42 Å². The third-order valence-corrected chi connectivity index (χ3v) is 4.72. The Kier molecular flexibility index (Phi) is 6.30. The van der Waals surface area contributed by atoms with Gasteiger partial charge in [0.1, 0.15) is 5.75 Å². The largest absolute Gasteiger partial charge is 0.495 e. The summed E-state index contributed by atoms with van der Waals surface area (Å²) in [6.45, 7) is 3.22. The molecule has 6 heteroatoms. The molecule has 0 saturated carbocycles. The number of rotatable bonds is 6. The molecule has 1 heterocycles. The summed E-state index contributed by atoms with van der Waals surface area (Å²) in [5.41, 5.74) is 1.66. The quantitative estimate of drug-likeness (QED) is 0.850. The predicted octanol–water partition coefficient (Wildman–Crippen LogP) is 2.16. The average molecular weight is 367 g/mol. The van der Waals surface area contributed by atoms with E-state index in [2.05, 4.69) is 10.2 Å². The minimum Gasteiger partial charge on any atom is -0.495 e. The molecule has 0 aliphatic carbocycles. The number of amides is 2. The van der Waals surface area contributed by atoms with E-state index in [1.165, 1.54) is 0 Å². The highest BCUT2D eigenvalue weighted by Gasteiger charge is 2.22. The monoisotopic (exact) mass is 367 g/mol. The summed E-state index contributed by atoms with van der Waals surface area (Å²) in [5, 5.41) is 2.81. The molecule has 142 valence electrons. The second-order valence-corrected chi connectivity index (χ2v) is 6.41. The molecule has 0 bridgehead atoms. The average Bonchev–Trinajstić information content (AvgIpc) is 2.74. The van der Waals surface area contributed by atoms with Crippen molar-refractivity contribution in [3.63, 3.8) is 0 Å². The van der Waals surface area contributed by atoms with Crippen molar-refractivity contribution < 1.29 is 14.3 Å². The van der Waals surface area contributed by atoms with Crippen molar-refractivity contribution in [3.05, 3.63) is 60.2 Å². The molecule has 1 aliphatic heterocycles. The minimum atomic E-state index is -0.149. The van der Waals surface area contributed by atoms with E-state index in [9.17, 15) is 9.59 Å². The van der Waals surface area contributed by atoms with Crippen molar-refractivity contribution in [3.8, 4) is 5.75 Å². The number of methoxy groups -OCH3 is 1. The summed E-state index contributed by atoms with van der Waals surface area (Å²) in [7, 11) is 1.67. The van der Waals surface area contributed by atoms with Gasteiger partial charge in [-0.3, -0.25) is 9.59 Å². The lowest BCUT2D eigenvalue weighted by Crippen LogP contribution is -2.49. The third kappa shape index (κ3) is 4.78. The fraction of sp³-hybridized carbons (Fsp3) is 0.333. The molecule has 3 rings (SSSR count). The van der Waals surface area contributed by atoms with Gasteiger partial charge in [-0.05, 0) is 24.3 Å². The Balaban J connectivity index is 1.44. The maximum atomic E-state index is 12.4. The van der Waals surface area contributed by atoms with Gasteiger partial charge in [0.05, 0.1) is 12.8 Å². The third-order valence-electron chi connectivity index (χ3n) is 4.72. The van der Waals surface area contributed by atoms with Gasteiger partial charge in [-0.1, -0.05) is 30.3 Å². The summed E-state index contributed by atoms with van der Waals surface area (Å²) < 4.78 is 5.42. The molecule has 6 nitrogen and oxygen atoms in total. The van der Waals surface area contributed by atoms with Gasteiger partial charge in [0, 0.05) is 44.7 Å². The second-order valence-electron chi connectivity index (χ2n) is 6.41. The molecule has 2 aromatic carbocycles. The van der Waals surface area contributed by atoms with E-state index in [4.69, 9.17) is 4.74 Å². The van der Waals surface area contributed by atoms with E-state index in [1.807, 2.05) is 47.4 Å². The topological polar surface area (TPSA) is 61.9 Å². The van der Waals surface area contributed by atoms with Gasteiger partial charge < -0.3 is 19.9 Å². The number of piperazine rings is 1. The van der Waals surface area contributed by atoms with Gasteiger partial charge in [0.2, 0.25) is 5.91 Å². The highest BCUT2D eigenvalue weighted by atomic mass is 16.5. The Morgan fingerprint density at radius 2 is 1.63 bits per heavy atom. The number of carbonyl (C=O) groups excluding carboxylic acids is 2. The van der Waals surface area contributed by atoms with Crippen molar-refractivity contribution >= 4 is 17.5 Å². The van der Waals surface area contributed by atoms with Crippen LogP contribution in [0, 0.1) is 0 Å². The smallest absolute Gasteiger partial charge is 0.251 e. The highest BCUT2D eigenvalue weighted by molar-refractivity contribution is 5.94. The van der Waals surface area contributed by atoms with Crippen LogP contribution in [0.15, 0.2) is 54.6 Å². The van der Waals surface area contributed by atoms with Crippen molar-refractivity contribution in [1.82, 2.24) is 10.2 Å². The van der Waals surface area contributed by atoms with Crippen LogP contribution in [-0.4, -0.2) is 56.5 Å². The second kappa shape index (κ2) is 9.07. The minimum absolute atomic E-state index is 0.0723. The molecule has 1 N–H and O–H groups in total. The number of para-hydroxylation sites is 2. The van der Waals surface area contributed by atoms with E-state index in [0.717, 1.165) is 24.5 Å².